The summed E-state index contributed by atoms with van der Waals surface area (Å²) in [4.78, 5) is 4.40. The van der Waals surface area contributed by atoms with Gasteiger partial charge in [0.05, 0.1) is 0 Å². The van der Waals surface area contributed by atoms with Crippen molar-refractivity contribution in [2.75, 3.05) is 6.61 Å². The highest BCUT2D eigenvalue weighted by atomic mass is 33.1. The Morgan fingerprint density at radius 2 is 1.70 bits per heavy atom. The lowest BCUT2D eigenvalue weighted by molar-refractivity contribution is 0.317. The lowest BCUT2D eigenvalue weighted by atomic mass is 10.1. The van der Waals surface area contributed by atoms with E-state index in [-0.39, 0.29) is 17.5 Å². The Morgan fingerprint density at radius 3 is 2.41 bits per heavy atom. The second kappa shape index (κ2) is 8.65. The minimum atomic E-state index is -0.651. The lowest BCUT2D eigenvalue weighted by Crippen LogP contribution is -2.07. The van der Waals surface area contributed by atoms with Crippen molar-refractivity contribution in [3.8, 4) is 0 Å². The highest BCUT2D eigenvalue weighted by Gasteiger charge is 2.26. The second-order valence-electron chi connectivity index (χ2n) is 6.86. The van der Waals surface area contributed by atoms with E-state index in [1.165, 1.54) is 49.4 Å². The zero-order chi connectivity index (χ0) is 18.6. The van der Waals surface area contributed by atoms with E-state index in [4.69, 9.17) is 4.74 Å². The SMILES string of the molecule is Fc1cccc(F)c1C1=NC(c2ccc(CSSC3CCCC3)cc2)CO1. The van der Waals surface area contributed by atoms with Gasteiger partial charge in [0.1, 0.15) is 29.8 Å². The Kier molecular flexibility index (Phi) is 6.03. The molecule has 1 fully saturated rings. The molecule has 0 bridgehead atoms. The highest BCUT2D eigenvalue weighted by Crippen LogP contribution is 2.38. The molecule has 1 heterocycles. The van der Waals surface area contributed by atoms with Crippen LogP contribution in [0.2, 0.25) is 0 Å². The second-order valence-corrected chi connectivity index (χ2v) is 9.53. The van der Waals surface area contributed by atoms with Gasteiger partial charge in [0.25, 0.3) is 0 Å². The van der Waals surface area contributed by atoms with E-state index in [1.54, 1.807) is 0 Å². The van der Waals surface area contributed by atoms with E-state index in [2.05, 4.69) is 17.1 Å². The fraction of sp³-hybridized carbons (Fsp3) is 0.381. The van der Waals surface area contributed by atoms with E-state index in [1.807, 2.05) is 33.7 Å². The van der Waals surface area contributed by atoms with Crippen LogP contribution < -0.4 is 0 Å². The molecule has 1 saturated carbocycles. The minimum absolute atomic E-state index is 0.0446. The summed E-state index contributed by atoms with van der Waals surface area (Å²) in [5, 5.41) is 0.816. The van der Waals surface area contributed by atoms with Gasteiger partial charge in [-0.15, -0.1) is 0 Å². The van der Waals surface area contributed by atoms with Gasteiger partial charge in [0.15, 0.2) is 0 Å². The molecule has 2 nitrogen and oxygen atoms in total. The van der Waals surface area contributed by atoms with Crippen LogP contribution in [0.4, 0.5) is 8.78 Å². The lowest BCUT2D eigenvalue weighted by Gasteiger charge is -2.09. The molecule has 1 aliphatic carbocycles. The molecule has 1 aliphatic heterocycles. The molecule has 0 amide bonds. The predicted octanol–water partition coefficient (Wildman–Crippen LogP) is 6.31. The standard InChI is InChI=1S/C21H21F2NOS2/c22-17-6-3-7-18(23)20(17)21-24-19(12-25-21)15-10-8-14(9-11-15)13-26-27-16-4-1-2-5-16/h3,6-11,16,19H,1-2,4-5,12-13H2. The van der Waals surface area contributed by atoms with Crippen LogP contribution in [-0.4, -0.2) is 17.8 Å². The molecule has 2 aromatic carbocycles. The van der Waals surface area contributed by atoms with Crippen LogP contribution in [0.25, 0.3) is 0 Å². The summed E-state index contributed by atoms with van der Waals surface area (Å²) in [5.74, 6) is -0.274. The largest absolute Gasteiger partial charge is 0.475 e. The molecular formula is C21H21F2NOS2. The topological polar surface area (TPSA) is 21.6 Å². The van der Waals surface area contributed by atoms with Gasteiger partial charge in [0, 0.05) is 11.0 Å². The molecule has 0 radical (unpaired) electrons. The molecule has 0 saturated heterocycles. The fourth-order valence-electron chi connectivity index (χ4n) is 3.40. The maximum absolute atomic E-state index is 13.9. The minimum Gasteiger partial charge on any atom is -0.475 e. The fourth-order valence-corrected chi connectivity index (χ4v) is 6.28. The third-order valence-corrected chi connectivity index (χ3v) is 7.83. The maximum atomic E-state index is 13.9. The number of rotatable bonds is 6. The summed E-state index contributed by atoms with van der Waals surface area (Å²) in [7, 11) is 3.94. The first-order chi connectivity index (χ1) is 13.2. The van der Waals surface area contributed by atoms with Gasteiger partial charge in [0.2, 0.25) is 5.90 Å². The van der Waals surface area contributed by atoms with Gasteiger partial charge in [-0.1, -0.05) is 64.8 Å². The Morgan fingerprint density at radius 1 is 1.00 bits per heavy atom. The molecule has 0 spiro atoms. The first-order valence-electron chi connectivity index (χ1n) is 9.23. The molecule has 0 N–H and O–H groups in total. The average Bonchev–Trinajstić information content (AvgIpc) is 3.35. The van der Waals surface area contributed by atoms with E-state index < -0.39 is 11.6 Å². The van der Waals surface area contributed by atoms with Crippen LogP contribution in [0, 0.1) is 11.6 Å². The van der Waals surface area contributed by atoms with Crippen molar-refractivity contribution < 1.29 is 13.5 Å². The van der Waals surface area contributed by atoms with E-state index in [0.29, 0.717) is 6.61 Å². The summed E-state index contributed by atoms with van der Waals surface area (Å²) in [5.41, 5.74) is 2.09. The molecule has 2 aromatic rings. The zero-order valence-corrected chi connectivity index (χ0v) is 16.5. The third kappa shape index (κ3) is 4.49. The molecule has 0 aromatic heterocycles. The third-order valence-electron chi connectivity index (χ3n) is 4.92. The highest BCUT2D eigenvalue weighted by molar-refractivity contribution is 8.76. The number of benzene rings is 2. The molecule has 4 rings (SSSR count). The van der Waals surface area contributed by atoms with Crippen LogP contribution >= 0.6 is 21.6 Å². The van der Waals surface area contributed by atoms with Crippen molar-refractivity contribution in [2.45, 2.75) is 42.7 Å². The summed E-state index contributed by atoms with van der Waals surface area (Å²) >= 11 is 0. The van der Waals surface area contributed by atoms with Crippen molar-refractivity contribution in [3.63, 3.8) is 0 Å². The van der Waals surface area contributed by atoms with E-state index in [0.717, 1.165) is 16.6 Å². The Hall–Kier alpha value is -1.53. The number of hydrogen-bond donors (Lipinski definition) is 0. The Bertz CT molecular complexity index is 799. The summed E-state index contributed by atoms with van der Waals surface area (Å²) in [6.07, 6.45) is 5.44. The van der Waals surface area contributed by atoms with Gasteiger partial charge in [-0.3, -0.25) is 0 Å². The summed E-state index contributed by atoms with van der Waals surface area (Å²) in [6.45, 7) is 0.300. The number of nitrogens with zero attached hydrogens (tertiary/aromatic N) is 1. The van der Waals surface area contributed by atoms with Crippen molar-refractivity contribution in [1.82, 2.24) is 0 Å². The molecule has 27 heavy (non-hydrogen) atoms. The Balaban J connectivity index is 1.38. The van der Waals surface area contributed by atoms with Gasteiger partial charge in [-0.25, -0.2) is 13.8 Å². The number of hydrogen-bond acceptors (Lipinski definition) is 4. The molecule has 6 heteroatoms. The van der Waals surface area contributed by atoms with Crippen molar-refractivity contribution in [3.05, 3.63) is 70.8 Å². The van der Waals surface area contributed by atoms with Gasteiger partial charge in [-0.05, 0) is 36.1 Å². The van der Waals surface area contributed by atoms with Crippen molar-refractivity contribution >= 4 is 27.5 Å². The van der Waals surface area contributed by atoms with Crippen molar-refractivity contribution in [2.24, 2.45) is 4.99 Å². The zero-order valence-electron chi connectivity index (χ0n) is 14.9. The Labute approximate surface area is 166 Å². The molecule has 1 atom stereocenters. The predicted molar refractivity (Wildman–Crippen MR) is 109 cm³/mol. The molecular weight excluding hydrogens is 384 g/mol. The smallest absolute Gasteiger partial charge is 0.222 e. The number of ether oxygens (including phenoxy) is 1. The monoisotopic (exact) mass is 405 g/mol. The van der Waals surface area contributed by atoms with Gasteiger partial charge in [-0.2, -0.15) is 0 Å². The number of aliphatic imine (C=N–C) groups is 1. The first kappa shape index (κ1) is 18.8. The maximum Gasteiger partial charge on any atom is 0.222 e. The normalized spacial score (nSPS) is 19.9. The van der Waals surface area contributed by atoms with Gasteiger partial charge >= 0.3 is 0 Å². The summed E-state index contributed by atoms with van der Waals surface area (Å²) < 4.78 is 33.3. The van der Waals surface area contributed by atoms with Crippen molar-refractivity contribution in [1.29, 1.82) is 0 Å². The van der Waals surface area contributed by atoms with Crippen LogP contribution in [0.15, 0.2) is 47.5 Å². The molecule has 2 aliphatic rings. The van der Waals surface area contributed by atoms with E-state index >= 15 is 0 Å². The average molecular weight is 406 g/mol. The van der Waals surface area contributed by atoms with Gasteiger partial charge < -0.3 is 4.74 Å². The van der Waals surface area contributed by atoms with Crippen LogP contribution in [0.3, 0.4) is 0 Å². The van der Waals surface area contributed by atoms with Crippen LogP contribution in [-0.2, 0) is 10.5 Å². The number of halogens is 2. The van der Waals surface area contributed by atoms with Crippen LogP contribution in [0.5, 0.6) is 0 Å². The molecule has 1 unspecified atom stereocenters. The van der Waals surface area contributed by atoms with Crippen LogP contribution in [0.1, 0.15) is 48.4 Å². The summed E-state index contributed by atoms with van der Waals surface area (Å²) in [6, 6.07) is 11.8. The first-order valence-corrected chi connectivity index (χ1v) is 11.6. The quantitative estimate of drug-likeness (QED) is 0.526. The molecule has 142 valence electrons. The van der Waals surface area contributed by atoms with E-state index in [9.17, 15) is 8.78 Å².